The van der Waals surface area contributed by atoms with Crippen LogP contribution in [-0.2, 0) is 4.79 Å². The van der Waals surface area contributed by atoms with Gasteiger partial charge in [0.25, 0.3) is 0 Å². The standard InChI is InChI=1S/C13H18ClN3O3/c14-10-5-7-11(8-6-10)16-13(19)15-9-3-1-2-4-12(18)17-20/h5-8,20H,1-4,9H2,(H,17,18)(H2,15,16,19). The van der Waals surface area contributed by atoms with Crippen molar-refractivity contribution in [1.29, 1.82) is 0 Å². The Kier molecular flexibility index (Phi) is 7.46. The summed E-state index contributed by atoms with van der Waals surface area (Å²) in [7, 11) is 0. The number of halogens is 1. The van der Waals surface area contributed by atoms with Crippen molar-refractivity contribution in [3.8, 4) is 0 Å². The molecule has 0 aliphatic carbocycles. The molecule has 0 spiro atoms. The van der Waals surface area contributed by atoms with Gasteiger partial charge in [-0.05, 0) is 37.1 Å². The van der Waals surface area contributed by atoms with Crippen LogP contribution < -0.4 is 16.1 Å². The number of rotatable bonds is 7. The first-order valence-electron chi connectivity index (χ1n) is 6.35. The van der Waals surface area contributed by atoms with Crippen molar-refractivity contribution >= 4 is 29.2 Å². The fourth-order valence-corrected chi connectivity index (χ4v) is 1.68. The number of nitrogens with one attached hydrogen (secondary N) is 3. The van der Waals surface area contributed by atoms with Gasteiger partial charge < -0.3 is 10.6 Å². The first-order chi connectivity index (χ1) is 9.61. The van der Waals surface area contributed by atoms with E-state index >= 15 is 0 Å². The quantitative estimate of drug-likeness (QED) is 0.354. The largest absolute Gasteiger partial charge is 0.338 e. The number of benzene rings is 1. The molecule has 0 aliphatic heterocycles. The highest BCUT2D eigenvalue weighted by Crippen LogP contribution is 2.13. The molecule has 0 saturated heterocycles. The third kappa shape index (κ3) is 6.96. The van der Waals surface area contributed by atoms with E-state index in [1.165, 1.54) is 0 Å². The van der Waals surface area contributed by atoms with Crippen molar-refractivity contribution in [3.63, 3.8) is 0 Å². The normalized spacial score (nSPS) is 9.90. The van der Waals surface area contributed by atoms with E-state index in [4.69, 9.17) is 16.8 Å². The molecular weight excluding hydrogens is 282 g/mol. The zero-order valence-corrected chi connectivity index (χ0v) is 11.7. The van der Waals surface area contributed by atoms with Gasteiger partial charge in [-0.1, -0.05) is 18.0 Å². The van der Waals surface area contributed by atoms with Gasteiger partial charge >= 0.3 is 6.03 Å². The summed E-state index contributed by atoms with van der Waals surface area (Å²) in [6, 6.07) is 6.55. The molecule has 0 aromatic heterocycles. The maximum Gasteiger partial charge on any atom is 0.319 e. The number of carbonyl (C=O) groups is 2. The summed E-state index contributed by atoms with van der Waals surface area (Å²) in [6.45, 7) is 0.528. The molecular formula is C13H18ClN3O3. The predicted molar refractivity (Wildman–Crippen MR) is 76.9 cm³/mol. The van der Waals surface area contributed by atoms with Gasteiger partial charge in [0.05, 0.1) is 0 Å². The zero-order chi connectivity index (χ0) is 14.8. The molecule has 6 nitrogen and oxygen atoms in total. The molecule has 110 valence electrons. The van der Waals surface area contributed by atoms with Crippen molar-refractivity contribution in [2.24, 2.45) is 0 Å². The Bertz CT molecular complexity index is 437. The minimum absolute atomic E-state index is 0.277. The second-order valence-electron chi connectivity index (χ2n) is 4.23. The molecule has 4 N–H and O–H groups in total. The molecule has 0 aliphatic rings. The van der Waals surface area contributed by atoms with E-state index in [0.29, 0.717) is 23.7 Å². The van der Waals surface area contributed by atoms with Crippen LogP contribution in [0.3, 0.4) is 0 Å². The first kappa shape index (κ1) is 16.3. The lowest BCUT2D eigenvalue weighted by molar-refractivity contribution is -0.129. The van der Waals surface area contributed by atoms with E-state index in [9.17, 15) is 9.59 Å². The Morgan fingerprint density at radius 3 is 2.45 bits per heavy atom. The average Bonchev–Trinajstić information content (AvgIpc) is 2.44. The second-order valence-corrected chi connectivity index (χ2v) is 4.67. The van der Waals surface area contributed by atoms with Crippen molar-refractivity contribution in [1.82, 2.24) is 10.8 Å². The second kappa shape index (κ2) is 9.17. The SMILES string of the molecule is O=C(CCCCCNC(=O)Nc1ccc(Cl)cc1)NO. The summed E-state index contributed by atoms with van der Waals surface area (Å²) in [5.41, 5.74) is 2.25. The van der Waals surface area contributed by atoms with Crippen LogP contribution >= 0.6 is 11.6 Å². The van der Waals surface area contributed by atoms with Crippen LogP contribution in [0.15, 0.2) is 24.3 Å². The van der Waals surface area contributed by atoms with E-state index < -0.39 is 5.91 Å². The number of unbranched alkanes of at least 4 members (excludes halogenated alkanes) is 2. The molecule has 1 aromatic carbocycles. The topological polar surface area (TPSA) is 90.5 Å². The average molecular weight is 300 g/mol. The Morgan fingerprint density at radius 1 is 1.10 bits per heavy atom. The van der Waals surface area contributed by atoms with E-state index in [-0.39, 0.29) is 12.5 Å². The Hall–Kier alpha value is -1.79. The van der Waals surface area contributed by atoms with Gasteiger partial charge in [0.1, 0.15) is 0 Å². The minimum Gasteiger partial charge on any atom is -0.338 e. The van der Waals surface area contributed by atoms with Crippen LogP contribution in [-0.4, -0.2) is 23.7 Å². The lowest BCUT2D eigenvalue weighted by atomic mass is 10.2. The highest BCUT2D eigenvalue weighted by Gasteiger charge is 2.01. The van der Waals surface area contributed by atoms with Crippen LogP contribution in [0.5, 0.6) is 0 Å². The van der Waals surface area contributed by atoms with Gasteiger partial charge in [-0.25, -0.2) is 10.3 Å². The van der Waals surface area contributed by atoms with Crippen LogP contribution in [0.1, 0.15) is 25.7 Å². The van der Waals surface area contributed by atoms with E-state index in [1.807, 2.05) is 0 Å². The fraction of sp³-hybridized carbons (Fsp3) is 0.385. The Morgan fingerprint density at radius 2 is 1.80 bits per heavy atom. The molecule has 7 heteroatoms. The van der Waals surface area contributed by atoms with E-state index in [0.717, 1.165) is 12.8 Å². The summed E-state index contributed by atoms with van der Waals surface area (Å²) in [6.07, 6.45) is 2.53. The molecule has 0 saturated carbocycles. The monoisotopic (exact) mass is 299 g/mol. The summed E-state index contributed by atoms with van der Waals surface area (Å²) >= 11 is 5.74. The molecule has 1 aromatic rings. The molecule has 3 amide bonds. The van der Waals surface area contributed by atoms with E-state index in [1.54, 1.807) is 29.7 Å². The summed E-state index contributed by atoms with van der Waals surface area (Å²) in [5, 5.41) is 14.3. The summed E-state index contributed by atoms with van der Waals surface area (Å²) in [5.74, 6) is -0.390. The highest BCUT2D eigenvalue weighted by atomic mass is 35.5. The van der Waals surface area contributed by atoms with Crippen LogP contribution in [0, 0.1) is 0 Å². The van der Waals surface area contributed by atoms with Gasteiger partial charge in [-0.3, -0.25) is 10.0 Å². The van der Waals surface area contributed by atoms with Gasteiger partial charge in [-0.15, -0.1) is 0 Å². The third-order valence-corrected chi connectivity index (χ3v) is 2.84. The maximum atomic E-state index is 11.5. The summed E-state index contributed by atoms with van der Waals surface area (Å²) in [4.78, 5) is 22.3. The number of hydrogen-bond acceptors (Lipinski definition) is 3. The first-order valence-corrected chi connectivity index (χ1v) is 6.73. The van der Waals surface area contributed by atoms with Crippen LogP contribution in [0.2, 0.25) is 5.02 Å². The number of urea groups is 1. The molecule has 0 atom stereocenters. The number of hydroxylamine groups is 1. The maximum absolute atomic E-state index is 11.5. The van der Waals surface area contributed by atoms with Gasteiger partial charge in [0.2, 0.25) is 5.91 Å². The van der Waals surface area contributed by atoms with Crippen molar-refractivity contribution in [2.75, 3.05) is 11.9 Å². The molecule has 0 fully saturated rings. The smallest absolute Gasteiger partial charge is 0.319 e. The number of anilines is 1. The number of hydrogen-bond donors (Lipinski definition) is 4. The van der Waals surface area contributed by atoms with Crippen molar-refractivity contribution < 1.29 is 14.8 Å². The van der Waals surface area contributed by atoms with Gasteiger partial charge in [0, 0.05) is 23.7 Å². The number of carbonyl (C=O) groups excluding carboxylic acids is 2. The fourth-order valence-electron chi connectivity index (χ4n) is 1.55. The van der Waals surface area contributed by atoms with Crippen molar-refractivity contribution in [3.05, 3.63) is 29.3 Å². The molecule has 0 unspecified atom stereocenters. The third-order valence-electron chi connectivity index (χ3n) is 2.59. The molecule has 1 rings (SSSR count). The minimum atomic E-state index is -0.390. The van der Waals surface area contributed by atoms with Crippen LogP contribution in [0.4, 0.5) is 10.5 Å². The Labute approximate surface area is 122 Å². The highest BCUT2D eigenvalue weighted by molar-refractivity contribution is 6.30. The zero-order valence-electron chi connectivity index (χ0n) is 11.0. The Balaban J connectivity index is 2.08. The summed E-state index contributed by atoms with van der Waals surface area (Å²) < 4.78 is 0. The van der Waals surface area contributed by atoms with Crippen molar-refractivity contribution in [2.45, 2.75) is 25.7 Å². The predicted octanol–water partition coefficient (Wildman–Crippen LogP) is 2.53. The van der Waals surface area contributed by atoms with Gasteiger partial charge in [0.15, 0.2) is 0 Å². The molecule has 20 heavy (non-hydrogen) atoms. The lowest BCUT2D eigenvalue weighted by Crippen LogP contribution is -2.29. The lowest BCUT2D eigenvalue weighted by Gasteiger charge is -2.07. The number of amides is 3. The van der Waals surface area contributed by atoms with E-state index in [2.05, 4.69) is 10.6 Å². The molecule has 0 radical (unpaired) electrons. The molecule has 0 bridgehead atoms. The van der Waals surface area contributed by atoms with Gasteiger partial charge in [-0.2, -0.15) is 0 Å². The molecule has 0 heterocycles. The van der Waals surface area contributed by atoms with Crippen LogP contribution in [0.25, 0.3) is 0 Å².